The Labute approximate surface area is 212 Å². The fraction of sp³-hybridized carbons (Fsp3) is 0.345. The molecule has 186 valence electrons. The molecule has 0 saturated heterocycles. The van der Waals surface area contributed by atoms with E-state index < -0.39 is 0 Å². The molecule has 0 saturated carbocycles. The van der Waals surface area contributed by atoms with Gasteiger partial charge in [0, 0.05) is 55.7 Å². The molecule has 0 spiro atoms. The molecular formula is C29H33N5O2. The number of aromatic nitrogens is 4. The van der Waals surface area contributed by atoms with E-state index in [1.807, 2.05) is 43.8 Å². The predicted octanol–water partition coefficient (Wildman–Crippen LogP) is 5.11. The SMILES string of the molecule is COc1ccnc([C@H](C)N2CCc3c(cc(Cn4ccnc4C)cc3-c3cnccc3C)COC2)c1. The average molecular weight is 484 g/mol. The van der Waals surface area contributed by atoms with Gasteiger partial charge in [-0.05, 0) is 73.2 Å². The second-order valence-electron chi connectivity index (χ2n) is 9.41. The van der Waals surface area contributed by atoms with Gasteiger partial charge in [0.1, 0.15) is 11.6 Å². The highest BCUT2D eigenvalue weighted by Crippen LogP contribution is 2.33. The lowest BCUT2D eigenvalue weighted by Crippen LogP contribution is -2.33. The number of benzene rings is 1. The van der Waals surface area contributed by atoms with E-state index in [9.17, 15) is 0 Å². The number of nitrogens with zero attached hydrogens (tertiary/aromatic N) is 5. The summed E-state index contributed by atoms with van der Waals surface area (Å²) in [5.74, 6) is 1.83. The number of hydrogen-bond donors (Lipinski definition) is 0. The van der Waals surface area contributed by atoms with Gasteiger partial charge in [0.25, 0.3) is 0 Å². The first kappa shape index (κ1) is 24.2. The minimum absolute atomic E-state index is 0.105. The lowest BCUT2D eigenvalue weighted by atomic mass is 9.89. The summed E-state index contributed by atoms with van der Waals surface area (Å²) in [6, 6.07) is 10.7. The third kappa shape index (κ3) is 5.03. The third-order valence-electron chi connectivity index (χ3n) is 7.14. The van der Waals surface area contributed by atoms with Gasteiger partial charge in [-0.3, -0.25) is 14.9 Å². The van der Waals surface area contributed by atoms with Crippen LogP contribution in [-0.4, -0.2) is 44.8 Å². The lowest BCUT2D eigenvalue weighted by molar-refractivity contribution is -0.00599. The second kappa shape index (κ2) is 10.6. The van der Waals surface area contributed by atoms with Crippen molar-refractivity contribution in [1.82, 2.24) is 24.4 Å². The Hall–Kier alpha value is -3.55. The topological polar surface area (TPSA) is 65.3 Å². The summed E-state index contributed by atoms with van der Waals surface area (Å²) >= 11 is 0. The summed E-state index contributed by atoms with van der Waals surface area (Å²) in [5.41, 5.74) is 8.42. The van der Waals surface area contributed by atoms with E-state index in [4.69, 9.17) is 9.47 Å². The Bertz CT molecular complexity index is 1350. The number of rotatable bonds is 6. The number of ether oxygens (including phenoxy) is 2. The van der Waals surface area contributed by atoms with Gasteiger partial charge in [-0.15, -0.1) is 0 Å². The van der Waals surface area contributed by atoms with Gasteiger partial charge in [-0.25, -0.2) is 4.98 Å². The molecular weight excluding hydrogens is 450 g/mol. The zero-order valence-electron chi connectivity index (χ0n) is 21.4. The van der Waals surface area contributed by atoms with Crippen LogP contribution in [0.3, 0.4) is 0 Å². The second-order valence-corrected chi connectivity index (χ2v) is 9.41. The molecule has 5 rings (SSSR count). The molecule has 0 amide bonds. The van der Waals surface area contributed by atoms with Gasteiger partial charge in [-0.2, -0.15) is 0 Å². The van der Waals surface area contributed by atoms with Crippen LogP contribution in [0.15, 0.2) is 61.3 Å². The van der Waals surface area contributed by atoms with Crippen LogP contribution in [0.25, 0.3) is 11.1 Å². The summed E-state index contributed by atoms with van der Waals surface area (Å²) in [5, 5.41) is 0. The molecule has 0 bridgehead atoms. The number of methoxy groups -OCH3 is 1. The summed E-state index contributed by atoms with van der Waals surface area (Å²) in [6.45, 7) is 9.11. The summed E-state index contributed by atoms with van der Waals surface area (Å²) < 4.78 is 13.9. The molecule has 1 aromatic carbocycles. The molecule has 0 radical (unpaired) electrons. The smallest absolute Gasteiger partial charge is 0.122 e. The minimum atomic E-state index is 0.105. The maximum Gasteiger partial charge on any atom is 0.122 e. The highest BCUT2D eigenvalue weighted by molar-refractivity contribution is 5.72. The van der Waals surface area contributed by atoms with Crippen molar-refractivity contribution >= 4 is 0 Å². The van der Waals surface area contributed by atoms with Crippen LogP contribution in [0.5, 0.6) is 5.75 Å². The Morgan fingerprint density at radius 2 is 1.94 bits per heavy atom. The summed E-state index contributed by atoms with van der Waals surface area (Å²) in [6.07, 6.45) is 10.4. The van der Waals surface area contributed by atoms with Gasteiger partial charge in [-0.1, -0.05) is 6.07 Å². The van der Waals surface area contributed by atoms with E-state index in [1.54, 1.807) is 13.3 Å². The van der Waals surface area contributed by atoms with Crippen LogP contribution < -0.4 is 4.74 Å². The Balaban J connectivity index is 1.49. The molecule has 36 heavy (non-hydrogen) atoms. The highest BCUT2D eigenvalue weighted by atomic mass is 16.5. The largest absolute Gasteiger partial charge is 0.497 e. The molecule has 0 aliphatic carbocycles. The maximum atomic E-state index is 6.28. The van der Waals surface area contributed by atoms with Gasteiger partial charge in [0.15, 0.2) is 0 Å². The fourth-order valence-corrected chi connectivity index (χ4v) is 4.94. The number of pyridine rings is 2. The third-order valence-corrected chi connectivity index (χ3v) is 7.14. The van der Waals surface area contributed by atoms with Gasteiger partial charge < -0.3 is 14.0 Å². The van der Waals surface area contributed by atoms with E-state index in [1.165, 1.54) is 33.4 Å². The first-order chi connectivity index (χ1) is 17.5. The zero-order valence-corrected chi connectivity index (χ0v) is 21.4. The van der Waals surface area contributed by atoms with Crippen molar-refractivity contribution in [3.8, 4) is 16.9 Å². The molecule has 3 aromatic heterocycles. The van der Waals surface area contributed by atoms with E-state index >= 15 is 0 Å². The van der Waals surface area contributed by atoms with Crippen molar-refractivity contribution in [1.29, 1.82) is 0 Å². The van der Waals surface area contributed by atoms with Crippen molar-refractivity contribution in [2.45, 2.75) is 46.4 Å². The summed E-state index contributed by atoms with van der Waals surface area (Å²) in [7, 11) is 1.68. The number of hydrogen-bond acceptors (Lipinski definition) is 6. The molecule has 1 aliphatic heterocycles. The summed E-state index contributed by atoms with van der Waals surface area (Å²) in [4.78, 5) is 15.8. The molecule has 1 aliphatic rings. The normalized spacial score (nSPS) is 15.1. The van der Waals surface area contributed by atoms with Crippen LogP contribution in [0.1, 0.15) is 46.7 Å². The van der Waals surface area contributed by atoms with Gasteiger partial charge >= 0.3 is 0 Å². The molecule has 4 aromatic rings. The number of aryl methyl sites for hydroxylation is 2. The Kier molecular flexibility index (Phi) is 7.11. The number of fused-ring (bicyclic) bond motifs is 1. The molecule has 4 heterocycles. The van der Waals surface area contributed by atoms with Crippen molar-refractivity contribution in [3.05, 3.63) is 95.1 Å². The first-order valence-electron chi connectivity index (χ1n) is 12.4. The van der Waals surface area contributed by atoms with Crippen molar-refractivity contribution < 1.29 is 9.47 Å². The van der Waals surface area contributed by atoms with Crippen molar-refractivity contribution in [2.24, 2.45) is 0 Å². The molecule has 7 heteroatoms. The Morgan fingerprint density at radius 1 is 1.06 bits per heavy atom. The van der Waals surface area contributed by atoms with Crippen molar-refractivity contribution in [2.75, 3.05) is 20.4 Å². The quantitative estimate of drug-likeness (QED) is 0.380. The van der Waals surface area contributed by atoms with Crippen LogP contribution in [-0.2, 0) is 24.3 Å². The first-order valence-corrected chi connectivity index (χ1v) is 12.4. The minimum Gasteiger partial charge on any atom is -0.497 e. The zero-order chi connectivity index (χ0) is 25.1. The maximum absolute atomic E-state index is 6.28. The standard InChI is InChI=1S/C29H33N5O2/c1-20-5-8-30-16-28(20)27-14-23(17-33-12-10-31-22(33)3)13-24-18-36-19-34(11-7-26(24)27)21(2)29-15-25(35-4)6-9-32-29/h5-6,8-10,12-16,21H,7,11,17-19H2,1-4H3/t21-/m0/s1. The predicted molar refractivity (Wildman–Crippen MR) is 140 cm³/mol. The van der Waals surface area contributed by atoms with Crippen LogP contribution in [0, 0.1) is 13.8 Å². The molecule has 0 unspecified atom stereocenters. The van der Waals surface area contributed by atoms with Crippen LogP contribution in [0.2, 0.25) is 0 Å². The van der Waals surface area contributed by atoms with Crippen LogP contribution in [0.4, 0.5) is 0 Å². The van der Waals surface area contributed by atoms with E-state index in [2.05, 4.69) is 56.5 Å². The van der Waals surface area contributed by atoms with Crippen LogP contribution >= 0.6 is 0 Å². The van der Waals surface area contributed by atoms with E-state index in [0.717, 1.165) is 36.8 Å². The highest BCUT2D eigenvalue weighted by Gasteiger charge is 2.23. The lowest BCUT2D eigenvalue weighted by Gasteiger charge is -2.32. The molecule has 1 atom stereocenters. The van der Waals surface area contributed by atoms with Gasteiger partial charge in [0.2, 0.25) is 0 Å². The molecule has 0 N–H and O–H groups in total. The van der Waals surface area contributed by atoms with Gasteiger partial charge in [0.05, 0.1) is 32.2 Å². The molecule has 0 fully saturated rings. The monoisotopic (exact) mass is 483 g/mol. The molecule has 7 nitrogen and oxygen atoms in total. The number of imidazole rings is 1. The van der Waals surface area contributed by atoms with E-state index in [0.29, 0.717) is 13.3 Å². The fourth-order valence-electron chi connectivity index (χ4n) is 4.94. The average Bonchev–Trinajstić information content (AvgIpc) is 3.28. The van der Waals surface area contributed by atoms with Crippen molar-refractivity contribution in [3.63, 3.8) is 0 Å². The Morgan fingerprint density at radius 3 is 2.72 bits per heavy atom. The van der Waals surface area contributed by atoms with E-state index in [-0.39, 0.29) is 6.04 Å².